The molecule has 0 amide bonds. The van der Waals surface area contributed by atoms with E-state index in [1.807, 2.05) is 99.6 Å². The molecule has 0 aromatic heterocycles. The van der Waals surface area contributed by atoms with Gasteiger partial charge in [-0.2, -0.15) is 0 Å². The Morgan fingerprint density at radius 3 is 1.87 bits per heavy atom. The third-order valence-corrected chi connectivity index (χ3v) is 5.61. The van der Waals surface area contributed by atoms with E-state index in [9.17, 15) is 4.55 Å². The Labute approximate surface area is 181 Å². The molecule has 30 heavy (non-hydrogen) atoms. The van der Waals surface area contributed by atoms with Gasteiger partial charge in [0.1, 0.15) is 29.3 Å². The molecular weight excluding hydrogens is 394 g/mol. The van der Waals surface area contributed by atoms with E-state index in [4.69, 9.17) is 9.47 Å². The highest BCUT2D eigenvalue weighted by molar-refractivity contribution is 7.91. The van der Waals surface area contributed by atoms with Crippen molar-refractivity contribution >= 4 is 17.6 Å². The number of hydrogen-bond donors (Lipinski definition) is 0. The van der Waals surface area contributed by atoms with Crippen LogP contribution in [0.25, 0.3) is 0 Å². The van der Waals surface area contributed by atoms with Crippen LogP contribution in [-0.2, 0) is 24.6 Å². The first-order valence-electron chi connectivity index (χ1n) is 9.85. The molecule has 3 aromatic rings. The topological polar surface area (TPSA) is 53.9 Å². The molecule has 0 aliphatic heterocycles. The molecule has 0 radical (unpaired) electrons. The lowest BCUT2D eigenvalue weighted by Crippen LogP contribution is -2.25. The van der Waals surface area contributed by atoms with E-state index in [2.05, 4.69) is 4.40 Å². The molecule has 0 spiro atoms. The van der Waals surface area contributed by atoms with Crippen LogP contribution in [0, 0.1) is 0 Å². The van der Waals surface area contributed by atoms with Crippen LogP contribution in [0.3, 0.4) is 0 Å². The SMILES string of the molecule is CC(C)(C)[S+]([O-])/N=C/c1ccc(OCc2ccccc2)c(OCc2ccccc2)c1. The Balaban J connectivity index is 1.78. The van der Waals surface area contributed by atoms with E-state index in [0.29, 0.717) is 24.7 Å². The molecule has 0 saturated heterocycles. The van der Waals surface area contributed by atoms with Gasteiger partial charge in [-0.1, -0.05) is 65.1 Å². The van der Waals surface area contributed by atoms with Gasteiger partial charge in [-0.15, -0.1) is 0 Å². The normalized spacial score (nSPS) is 12.7. The second-order valence-electron chi connectivity index (χ2n) is 7.85. The van der Waals surface area contributed by atoms with Crippen molar-refractivity contribution in [1.29, 1.82) is 0 Å². The van der Waals surface area contributed by atoms with E-state index in [-0.39, 0.29) is 0 Å². The monoisotopic (exact) mass is 421 g/mol. The van der Waals surface area contributed by atoms with Gasteiger partial charge in [-0.3, -0.25) is 0 Å². The average molecular weight is 422 g/mol. The summed E-state index contributed by atoms with van der Waals surface area (Å²) in [6, 6.07) is 25.6. The Morgan fingerprint density at radius 1 is 0.800 bits per heavy atom. The van der Waals surface area contributed by atoms with E-state index >= 15 is 0 Å². The van der Waals surface area contributed by atoms with Crippen molar-refractivity contribution < 1.29 is 14.0 Å². The highest BCUT2D eigenvalue weighted by atomic mass is 32.2. The summed E-state index contributed by atoms with van der Waals surface area (Å²) >= 11 is -1.31. The second-order valence-corrected chi connectivity index (χ2v) is 9.78. The standard InChI is InChI=1S/C25H27NO3S/c1-25(2,3)30(27)26-17-22-14-15-23(28-18-20-10-6-4-7-11-20)24(16-22)29-19-21-12-8-5-9-13-21/h4-17H,18-19H2,1-3H3/b26-17+. The minimum absolute atomic E-state index is 0.401. The van der Waals surface area contributed by atoms with Crippen molar-refractivity contribution in [2.24, 2.45) is 4.40 Å². The van der Waals surface area contributed by atoms with Crippen molar-refractivity contribution in [3.05, 3.63) is 95.6 Å². The maximum Gasteiger partial charge on any atom is 0.162 e. The summed E-state index contributed by atoms with van der Waals surface area (Å²) in [4.78, 5) is 0. The summed E-state index contributed by atoms with van der Waals surface area (Å²) in [5.74, 6) is 1.28. The highest BCUT2D eigenvalue weighted by Gasteiger charge is 2.25. The molecule has 0 fully saturated rings. The molecule has 0 aliphatic carbocycles. The summed E-state index contributed by atoms with van der Waals surface area (Å²) in [5, 5.41) is 0. The van der Waals surface area contributed by atoms with Crippen molar-refractivity contribution in [3.63, 3.8) is 0 Å². The minimum Gasteiger partial charge on any atom is -0.591 e. The van der Waals surface area contributed by atoms with Gasteiger partial charge in [0.05, 0.1) is 6.21 Å². The molecule has 0 saturated carbocycles. The summed E-state index contributed by atoms with van der Waals surface area (Å²) in [7, 11) is 0. The van der Waals surface area contributed by atoms with E-state index < -0.39 is 16.1 Å². The first-order chi connectivity index (χ1) is 14.4. The van der Waals surface area contributed by atoms with Gasteiger partial charge in [0.2, 0.25) is 0 Å². The second kappa shape index (κ2) is 10.3. The Hall–Kier alpha value is -2.76. The number of hydrogen-bond acceptors (Lipinski definition) is 4. The lowest BCUT2D eigenvalue weighted by Gasteiger charge is -2.18. The van der Waals surface area contributed by atoms with E-state index in [1.54, 1.807) is 6.21 Å². The quantitative estimate of drug-likeness (QED) is 0.345. The van der Waals surface area contributed by atoms with Crippen molar-refractivity contribution in [1.82, 2.24) is 0 Å². The van der Waals surface area contributed by atoms with Gasteiger partial charge < -0.3 is 14.0 Å². The largest absolute Gasteiger partial charge is 0.591 e. The van der Waals surface area contributed by atoms with Crippen LogP contribution in [0.5, 0.6) is 11.5 Å². The van der Waals surface area contributed by atoms with Crippen molar-refractivity contribution in [2.75, 3.05) is 0 Å². The first-order valence-corrected chi connectivity index (χ1v) is 11.0. The fourth-order valence-corrected chi connectivity index (χ4v) is 3.11. The van der Waals surface area contributed by atoms with Gasteiger partial charge in [-0.25, -0.2) is 0 Å². The van der Waals surface area contributed by atoms with Gasteiger partial charge in [0, 0.05) is 5.56 Å². The molecule has 0 bridgehead atoms. The summed E-state index contributed by atoms with van der Waals surface area (Å²) in [6.07, 6.45) is 1.62. The highest BCUT2D eigenvalue weighted by Crippen LogP contribution is 2.30. The fourth-order valence-electron chi connectivity index (χ4n) is 2.57. The molecule has 0 aliphatic rings. The Kier molecular flexibility index (Phi) is 7.55. The third-order valence-electron chi connectivity index (χ3n) is 4.26. The number of rotatable bonds is 8. The predicted octanol–water partition coefficient (Wildman–Crippen LogP) is 5.73. The summed E-state index contributed by atoms with van der Waals surface area (Å²) in [6.45, 7) is 6.57. The zero-order chi connectivity index (χ0) is 21.4. The van der Waals surface area contributed by atoms with Gasteiger partial charge in [-0.05, 0) is 50.1 Å². The summed E-state index contributed by atoms with van der Waals surface area (Å²) in [5.41, 5.74) is 2.96. The predicted molar refractivity (Wildman–Crippen MR) is 123 cm³/mol. The molecule has 4 nitrogen and oxygen atoms in total. The molecule has 156 valence electrons. The molecule has 3 rings (SSSR count). The van der Waals surface area contributed by atoms with E-state index in [1.165, 1.54) is 0 Å². The van der Waals surface area contributed by atoms with Crippen LogP contribution in [0.4, 0.5) is 0 Å². The zero-order valence-electron chi connectivity index (χ0n) is 17.6. The lowest BCUT2D eigenvalue weighted by atomic mass is 10.2. The van der Waals surface area contributed by atoms with Crippen LogP contribution < -0.4 is 9.47 Å². The van der Waals surface area contributed by atoms with Crippen LogP contribution in [0.2, 0.25) is 0 Å². The Morgan fingerprint density at radius 2 is 1.33 bits per heavy atom. The van der Waals surface area contributed by atoms with Crippen molar-refractivity contribution in [3.8, 4) is 11.5 Å². The maximum absolute atomic E-state index is 12.2. The average Bonchev–Trinajstić information content (AvgIpc) is 2.76. The van der Waals surface area contributed by atoms with Gasteiger partial charge >= 0.3 is 0 Å². The maximum atomic E-state index is 12.2. The lowest BCUT2D eigenvalue weighted by molar-refractivity contribution is 0.256. The molecule has 1 unspecified atom stereocenters. The zero-order valence-corrected chi connectivity index (χ0v) is 18.4. The molecule has 5 heteroatoms. The smallest absolute Gasteiger partial charge is 0.162 e. The molecule has 3 aromatic carbocycles. The molecule has 0 N–H and O–H groups in total. The fraction of sp³-hybridized carbons (Fsp3) is 0.240. The van der Waals surface area contributed by atoms with Gasteiger partial charge in [0.25, 0.3) is 0 Å². The number of benzene rings is 3. The Bertz CT molecular complexity index is 953. The molecular formula is C25H27NO3S. The van der Waals surface area contributed by atoms with Crippen LogP contribution in [0.1, 0.15) is 37.5 Å². The number of ether oxygens (including phenoxy) is 2. The third kappa shape index (κ3) is 6.65. The van der Waals surface area contributed by atoms with E-state index in [0.717, 1.165) is 16.7 Å². The molecule has 1 atom stereocenters. The van der Waals surface area contributed by atoms with Crippen LogP contribution in [0.15, 0.2) is 83.3 Å². The first kappa shape index (κ1) is 21.9. The van der Waals surface area contributed by atoms with Crippen LogP contribution >= 0.6 is 0 Å². The molecule has 0 heterocycles. The minimum atomic E-state index is -1.31. The van der Waals surface area contributed by atoms with Crippen LogP contribution in [-0.4, -0.2) is 15.5 Å². The van der Waals surface area contributed by atoms with Gasteiger partial charge in [0.15, 0.2) is 11.5 Å². The van der Waals surface area contributed by atoms with Crippen molar-refractivity contribution in [2.45, 2.75) is 38.7 Å². The summed E-state index contributed by atoms with van der Waals surface area (Å²) < 4.78 is 28.1. The number of nitrogens with zero attached hydrogens (tertiary/aromatic N) is 1.